The summed E-state index contributed by atoms with van der Waals surface area (Å²) in [4.78, 5) is 11.2. The van der Waals surface area contributed by atoms with Gasteiger partial charge in [-0.1, -0.05) is 13.3 Å². The van der Waals surface area contributed by atoms with Crippen molar-refractivity contribution in [2.75, 3.05) is 43.1 Å². The highest BCUT2D eigenvalue weighted by Crippen LogP contribution is 2.32. The molecule has 0 bridgehead atoms. The summed E-state index contributed by atoms with van der Waals surface area (Å²) in [5, 5.41) is 3.28. The summed E-state index contributed by atoms with van der Waals surface area (Å²) in [5.74, 6) is 1.37. The zero-order valence-electron chi connectivity index (χ0n) is 12.7. The molecule has 6 heteroatoms. The van der Waals surface area contributed by atoms with E-state index in [0.717, 1.165) is 63.9 Å². The van der Waals surface area contributed by atoms with Crippen molar-refractivity contribution in [3.63, 3.8) is 0 Å². The minimum Gasteiger partial charge on any atom is -0.356 e. The summed E-state index contributed by atoms with van der Waals surface area (Å²) < 4.78 is 11.5. The van der Waals surface area contributed by atoms with Gasteiger partial charge in [-0.25, -0.2) is 4.98 Å². The molecule has 2 aliphatic heterocycles. The molecule has 2 aliphatic rings. The molecule has 2 saturated heterocycles. The van der Waals surface area contributed by atoms with Gasteiger partial charge in [-0.3, -0.25) is 0 Å². The molecule has 116 valence electrons. The molecule has 3 heterocycles. The molecule has 0 amide bonds. The predicted molar refractivity (Wildman–Crippen MR) is 81.5 cm³/mol. The Balaban J connectivity index is 1.58. The van der Waals surface area contributed by atoms with Crippen molar-refractivity contribution in [3.8, 4) is 0 Å². The summed E-state index contributed by atoms with van der Waals surface area (Å²) in [7, 11) is 0. The zero-order chi connectivity index (χ0) is 14.5. The molecule has 1 spiro atoms. The first-order chi connectivity index (χ1) is 10.3. The van der Waals surface area contributed by atoms with Crippen LogP contribution in [0.15, 0.2) is 12.3 Å². The number of nitrogens with one attached hydrogen (secondary N) is 1. The Morgan fingerprint density at radius 1 is 1.29 bits per heavy atom. The molecule has 1 aromatic heterocycles. The number of piperidine rings is 1. The third-order valence-corrected chi connectivity index (χ3v) is 4.12. The normalized spacial score (nSPS) is 20.9. The number of hydrogen-bond donors (Lipinski definition) is 1. The van der Waals surface area contributed by atoms with Crippen molar-refractivity contribution in [1.29, 1.82) is 0 Å². The second kappa shape index (κ2) is 6.58. The molecule has 0 saturated carbocycles. The van der Waals surface area contributed by atoms with E-state index < -0.39 is 0 Å². The molecule has 6 nitrogen and oxygen atoms in total. The van der Waals surface area contributed by atoms with Crippen LogP contribution in [-0.4, -0.2) is 48.6 Å². The highest BCUT2D eigenvalue weighted by molar-refractivity contribution is 5.43. The number of unbranched alkanes of at least 4 members (excludes halogenated alkanes) is 1. The fraction of sp³-hybridized carbons (Fsp3) is 0.733. The van der Waals surface area contributed by atoms with Gasteiger partial charge in [0.2, 0.25) is 5.95 Å². The van der Waals surface area contributed by atoms with Crippen molar-refractivity contribution < 1.29 is 9.47 Å². The zero-order valence-corrected chi connectivity index (χ0v) is 12.7. The van der Waals surface area contributed by atoms with Gasteiger partial charge in [0.25, 0.3) is 0 Å². The van der Waals surface area contributed by atoms with Gasteiger partial charge < -0.3 is 19.7 Å². The van der Waals surface area contributed by atoms with Crippen LogP contribution in [0.1, 0.15) is 32.6 Å². The maximum Gasteiger partial charge on any atom is 0.224 e. The third-order valence-electron chi connectivity index (χ3n) is 4.12. The first kappa shape index (κ1) is 14.5. The van der Waals surface area contributed by atoms with Gasteiger partial charge >= 0.3 is 0 Å². The maximum atomic E-state index is 5.76. The van der Waals surface area contributed by atoms with Gasteiger partial charge in [0, 0.05) is 38.7 Å². The lowest BCUT2D eigenvalue weighted by molar-refractivity contribution is -0.169. The largest absolute Gasteiger partial charge is 0.356 e. The van der Waals surface area contributed by atoms with Crippen LogP contribution in [0.25, 0.3) is 0 Å². The maximum absolute atomic E-state index is 5.76. The van der Waals surface area contributed by atoms with E-state index >= 15 is 0 Å². The van der Waals surface area contributed by atoms with Crippen LogP contribution in [0, 0.1) is 0 Å². The van der Waals surface area contributed by atoms with Crippen LogP contribution in [0.2, 0.25) is 0 Å². The fourth-order valence-electron chi connectivity index (χ4n) is 2.85. The first-order valence-electron chi connectivity index (χ1n) is 7.91. The van der Waals surface area contributed by atoms with Crippen molar-refractivity contribution in [1.82, 2.24) is 9.97 Å². The monoisotopic (exact) mass is 292 g/mol. The third kappa shape index (κ3) is 3.44. The Labute approximate surface area is 125 Å². The van der Waals surface area contributed by atoms with Crippen LogP contribution < -0.4 is 10.2 Å². The standard InChI is InChI=1S/C15H24N4O2/c1-2-3-7-16-14-17-8-4-13(18-14)19-9-5-15(6-10-19)20-11-12-21-15/h4,8H,2-3,5-7,9-12H2,1H3,(H,16,17,18). The average molecular weight is 292 g/mol. The SMILES string of the molecule is CCCCNc1nccc(N2CCC3(CC2)OCCO3)n1. The average Bonchev–Trinajstić information content (AvgIpc) is 2.97. The van der Waals surface area contributed by atoms with Crippen LogP contribution in [0.3, 0.4) is 0 Å². The summed E-state index contributed by atoms with van der Waals surface area (Å²) in [6.45, 7) is 6.36. The van der Waals surface area contributed by atoms with E-state index in [1.54, 1.807) is 0 Å². The van der Waals surface area contributed by atoms with E-state index in [0.29, 0.717) is 0 Å². The Morgan fingerprint density at radius 3 is 2.76 bits per heavy atom. The smallest absolute Gasteiger partial charge is 0.224 e. The van der Waals surface area contributed by atoms with Crippen molar-refractivity contribution in [2.45, 2.75) is 38.4 Å². The Hall–Kier alpha value is -1.40. The Bertz CT molecular complexity index is 453. The molecule has 1 aromatic rings. The van der Waals surface area contributed by atoms with Crippen LogP contribution in [0.5, 0.6) is 0 Å². The minimum absolute atomic E-state index is 0.328. The predicted octanol–water partition coefficient (Wildman–Crippen LogP) is 2.03. The summed E-state index contributed by atoms with van der Waals surface area (Å²) in [6, 6.07) is 1.97. The molecule has 0 aliphatic carbocycles. The second-order valence-corrected chi connectivity index (χ2v) is 5.61. The lowest BCUT2D eigenvalue weighted by Crippen LogP contribution is -2.45. The quantitative estimate of drug-likeness (QED) is 0.838. The van der Waals surface area contributed by atoms with Gasteiger partial charge in [0.15, 0.2) is 5.79 Å². The molecule has 21 heavy (non-hydrogen) atoms. The van der Waals surface area contributed by atoms with Crippen molar-refractivity contribution in [2.24, 2.45) is 0 Å². The molecular formula is C15H24N4O2. The summed E-state index contributed by atoms with van der Waals surface area (Å²) >= 11 is 0. The molecular weight excluding hydrogens is 268 g/mol. The number of aromatic nitrogens is 2. The van der Waals surface area contributed by atoms with E-state index in [-0.39, 0.29) is 5.79 Å². The second-order valence-electron chi connectivity index (χ2n) is 5.61. The van der Waals surface area contributed by atoms with Gasteiger partial charge in [-0.05, 0) is 12.5 Å². The summed E-state index contributed by atoms with van der Waals surface area (Å²) in [6.07, 6.45) is 5.92. The van der Waals surface area contributed by atoms with E-state index in [1.165, 1.54) is 6.42 Å². The number of rotatable bonds is 5. The molecule has 0 aromatic carbocycles. The molecule has 3 rings (SSSR count). The van der Waals surface area contributed by atoms with E-state index in [1.807, 2.05) is 12.3 Å². The van der Waals surface area contributed by atoms with Crippen LogP contribution >= 0.6 is 0 Å². The van der Waals surface area contributed by atoms with Crippen LogP contribution in [0.4, 0.5) is 11.8 Å². The van der Waals surface area contributed by atoms with Crippen molar-refractivity contribution in [3.05, 3.63) is 12.3 Å². The van der Waals surface area contributed by atoms with Gasteiger partial charge in [-0.2, -0.15) is 4.98 Å². The fourth-order valence-corrected chi connectivity index (χ4v) is 2.85. The molecule has 2 fully saturated rings. The molecule has 1 N–H and O–H groups in total. The first-order valence-corrected chi connectivity index (χ1v) is 7.91. The number of anilines is 2. The Morgan fingerprint density at radius 2 is 2.05 bits per heavy atom. The lowest BCUT2D eigenvalue weighted by atomic mass is 10.0. The van der Waals surface area contributed by atoms with E-state index in [9.17, 15) is 0 Å². The topological polar surface area (TPSA) is 59.5 Å². The minimum atomic E-state index is -0.328. The van der Waals surface area contributed by atoms with Gasteiger partial charge in [-0.15, -0.1) is 0 Å². The van der Waals surface area contributed by atoms with Gasteiger partial charge in [0.05, 0.1) is 13.2 Å². The molecule has 0 unspecified atom stereocenters. The number of hydrogen-bond acceptors (Lipinski definition) is 6. The lowest BCUT2D eigenvalue weighted by Gasteiger charge is -2.38. The van der Waals surface area contributed by atoms with Crippen LogP contribution in [-0.2, 0) is 9.47 Å². The van der Waals surface area contributed by atoms with E-state index in [4.69, 9.17) is 9.47 Å². The molecule has 0 radical (unpaired) electrons. The summed E-state index contributed by atoms with van der Waals surface area (Å²) in [5.41, 5.74) is 0. The van der Waals surface area contributed by atoms with Gasteiger partial charge in [0.1, 0.15) is 5.82 Å². The highest BCUT2D eigenvalue weighted by Gasteiger charge is 2.40. The van der Waals surface area contributed by atoms with E-state index in [2.05, 4.69) is 27.1 Å². The number of nitrogens with zero attached hydrogens (tertiary/aromatic N) is 3. The highest BCUT2D eigenvalue weighted by atomic mass is 16.7. The Kier molecular flexibility index (Phi) is 4.55. The number of ether oxygens (including phenoxy) is 2. The van der Waals surface area contributed by atoms with Crippen molar-refractivity contribution >= 4 is 11.8 Å². The molecule has 0 atom stereocenters.